The lowest BCUT2D eigenvalue weighted by Gasteiger charge is -2.24. The van der Waals surface area contributed by atoms with Gasteiger partial charge in [-0.3, -0.25) is 0 Å². The highest BCUT2D eigenvalue weighted by Gasteiger charge is 2.28. The summed E-state index contributed by atoms with van der Waals surface area (Å²) in [6.07, 6.45) is 7.91. The highest BCUT2D eigenvalue weighted by Crippen LogP contribution is 2.24. The van der Waals surface area contributed by atoms with Gasteiger partial charge in [-0.05, 0) is 71.0 Å². The summed E-state index contributed by atoms with van der Waals surface area (Å²) in [6, 6.07) is 0. The van der Waals surface area contributed by atoms with Gasteiger partial charge in [0.05, 0.1) is 5.60 Å². The number of hydrogen-bond acceptors (Lipinski definition) is 3. The van der Waals surface area contributed by atoms with E-state index in [1.54, 1.807) is 0 Å². The Bertz CT molecular complexity index is 208. The van der Waals surface area contributed by atoms with Gasteiger partial charge >= 0.3 is 0 Å². The van der Waals surface area contributed by atoms with Crippen LogP contribution in [0.3, 0.4) is 0 Å². The smallest absolute Gasteiger partial charge is 0.0779 e. The molecule has 2 rings (SSSR count). The Morgan fingerprint density at radius 3 is 2.88 bits per heavy atom. The van der Waals surface area contributed by atoms with Crippen molar-refractivity contribution in [3.63, 3.8) is 0 Å². The predicted molar refractivity (Wildman–Crippen MR) is 71.3 cm³/mol. The third-order valence-corrected chi connectivity index (χ3v) is 4.22. The van der Waals surface area contributed by atoms with Crippen molar-refractivity contribution in [3.8, 4) is 0 Å². The Morgan fingerprint density at radius 1 is 1.35 bits per heavy atom. The monoisotopic (exact) mass is 240 g/mol. The van der Waals surface area contributed by atoms with Gasteiger partial charge in [0, 0.05) is 13.2 Å². The van der Waals surface area contributed by atoms with Crippen LogP contribution in [-0.4, -0.2) is 38.4 Å². The maximum absolute atomic E-state index is 5.77. The normalized spacial score (nSPS) is 30.9. The zero-order valence-corrected chi connectivity index (χ0v) is 11.3. The summed E-state index contributed by atoms with van der Waals surface area (Å²) in [4.78, 5) is 0. The first-order chi connectivity index (χ1) is 8.29. The van der Waals surface area contributed by atoms with Crippen molar-refractivity contribution in [3.05, 3.63) is 0 Å². The molecule has 17 heavy (non-hydrogen) atoms. The lowest BCUT2D eigenvalue weighted by molar-refractivity contribution is 0.0209. The van der Waals surface area contributed by atoms with Crippen molar-refractivity contribution in [1.82, 2.24) is 10.6 Å². The van der Waals surface area contributed by atoms with Crippen LogP contribution in [0.4, 0.5) is 0 Å². The molecular formula is C14H28N2O. The molecule has 100 valence electrons. The molecule has 3 nitrogen and oxygen atoms in total. The minimum Gasteiger partial charge on any atom is -0.374 e. The van der Waals surface area contributed by atoms with E-state index in [1.165, 1.54) is 51.6 Å². The first kappa shape index (κ1) is 13.3. The number of hydrogen-bond donors (Lipinski definition) is 2. The van der Waals surface area contributed by atoms with Crippen molar-refractivity contribution in [2.75, 3.05) is 32.8 Å². The summed E-state index contributed by atoms with van der Waals surface area (Å²) in [5, 5.41) is 6.99. The second kappa shape index (κ2) is 6.72. The second-order valence-corrected chi connectivity index (χ2v) is 5.91. The molecule has 1 atom stereocenters. The molecule has 0 aliphatic carbocycles. The van der Waals surface area contributed by atoms with Crippen molar-refractivity contribution in [2.24, 2.45) is 5.92 Å². The number of rotatable bonds is 6. The first-order valence-corrected chi connectivity index (χ1v) is 7.34. The van der Waals surface area contributed by atoms with E-state index in [-0.39, 0.29) is 5.60 Å². The van der Waals surface area contributed by atoms with Gasteiger partial charge in [-0.1, -0.05) is 0 Å². The Hall–Kier alpha value is -0.120. The van der Waals surface area contributed by atoms with Crippen LogP contribution >= 0.6 is 0 Å². The zero-order chi connectivity index (χ0) is 12.0. The van der Waals surface area contributed by atoms with Gasteiger partial charge in [-0.2, -0.15) is 0 Å². The highest BCUT2D eigenvalue weighted by atomic mass is 16.5. The summed E-state index contributed by atoms with van der Waals surface area (Å²) < 4.78 is 5.77. The molecule has 0 radical (unpaired) electrons. The van der Waals surface area contributed by atoms with Crippen LogP contribution in [0.2, 0.25) is 0 Å². The van der Waals surface area contributed by atoms with E-state index < -0.39 is 0 Å². The largest absolute Gasteiger partial charge is 0.374 e. The van der Waals surface area contributed by atoms with Crippen LogP contribution in [0.1, 0.15) is 45.4 Å². The molecule has 0 saturated carbocycles. The van der Waals surface area contributed by atoms with Gasteiger partial charge in [0.25, 0.3) is 0 Å². The van der Waals surface area contributed by atoms with E-state index in [1.807, 2.05) is 0 Å². The molecule has 0 amide bonds. The molecule has 3 heteroatoms. The Kier molecular flexibility index (Phi) is 5.26. The van der Waals surface area contributed by atoms with Gasteiger partial charge in [0.15, 0.2) is 0 Å². The minimum absolute atomic E-state index is 0.120. The average molecular weight is 240 g/mol. The van der Waals surface area contributed by atoms with Gasteiger partial charge in [0.1, 0.15) is 0 Å². The van der Waals surface area contributed by atoms with Crippen LogP contribution in [-0.2, 0) is 4.74 Å². The molecule has 2 saturated heterocycles. The van der Waals surface area contributed by atoms with Crippen LogP contribution in [0, 0.1) is 5.92 Å². The van der Waals surface area contributed by atoms with Crippen molar-refractivity contribution in [2.45, 2.75) is 51.0 Å². The second-order valence-electron chi connectivity index (χ2n) is 5.91. The zero-order valence-electron chi connectivity index (χ0n) is 11.3. The summed E-state index contributed by atoms with van der Waals surface area (Å²) in [5.41, 5.74) is 0.120. The lowest BCUT2D eigenvalue weighted by Crippen LogP contribution is -2.37. The van der Waals surface area contributed by atoms with E-state index in [0.29, 0.717) is 0 Å². The summed E-state index contributed by atoms with van der Waals surface area (Å²) in [6.45, 7) is 7.82. The molecule has 0 aromatic carbocycles. The molecule has 0 aromatic rings. The SMILES string of the molecule is CC1(CNCCCC2CCNCC2)CCCO1. The van der Waals surface area contributed by atoms with Crippen LogP contribution in [0.5, 0.6) is 0 Å². The third-order valence-electron chi connectivity index (χ3n) is 4.22. The van der Waals surface area contributed by atoms with Gasteiger partial charge < -0.3 is 15.4 Å². The molecule has 0 spiro atoms. The van der Waals surface area contributed by atoms with E-state index >= 15 is 0 Å². The van der Waals surface area contributed by atoms with Gasteiger partial charge in [-0.15, -0.1) is 0 Å². The van der Waals surface area contributed by atoms with E-state index in [2.05, 4.69) is 17.6 Å². The molecule has 2 aliphatic rings. The molecule has 2 fully saturated rings. The standard InChI is InChI=1S/C14H28N2O/c1-14(7-3-11-17-14)12-16-8-2-4-13-5-9-15-10-6-13/h13,15-16H,2-12H2,1H3. The summed E-state index contributed by atoms with van der Waals surface area (Å²) in [5.74, 6) is 0.969. The molecule has 2 aliphatic heterocycles. The van der Waals surface area contributed by atoms with Crippen LogP contribution in [0.15, 0.2) is 0 Å². The fourth-order valence-corrected chi connectivity index (χ4v) is 3.02. The fourth-order valence-electron chi connectivity index (χ4n) is 3.02. The van der Waals surface area contributed by atoms with E-state index in [0.717, 1.165) is 25.6 Å². The maximum Gasteiger partial charge on any atom is 0.0779 e. The van der Waals surface area contributed by atoms with Gasteiger partial charge in [-0.25, -0.2) is 0 Å². The Morgan fingerprint density at radius 2 is 2.18 bits per heavy atom. The van der Waals surface area contributed by atoms with Crippen molar-refractivity contribution in [1.29, 1.82) is 0 Å². The molecule has 0 aromatic heterocycles. The van der Waals surface area contributed by atoms with E-state index in [9.17, 15) is 0 Å². The number of ether oxygens (including phenoxy) is 1. The lowest BCUT2D eigenvalue weighted by atomic mass is 9.93. The quantitative estimate of drug-likeness (QED) is 0.696. The number of piperidine rings is 1. The van der Waals surface area contributed by atoms with Crippen molar-refractivity contribution >= 4 is 0 Å². The molecule has 1 unspecified atom stereocenters. The Labute approximate surface area is 106 Å². The van der Waals surface area contributed by atoms with Crippen LogP contribution < -0.4 is 10.6 Å². The average Bonchev–Trinajstić information content (AvgIpc) is 2.77. The molecule has 0 bridgehead atoms. The topological polar surface area (TPSA) is 33.3 Å². The molecule has 2 N–H and O–H groups in total. The predicted octanol–water partition coefficient (Wildman–Crippen LogP) is 1.92. The van der Waals surface area contributed by atoms with Crippen molar-refractivity contribution < 1.29 is 4.74 Å². The minimum atomic E-state index is 0.120. The van der Waals surface area contributed by atoms with Gasteiger partial charge in [0.2, 0.25) is 0 Å². The summed E-state index contributed by atoms with van der Waals surface area (Å²) >= 11 is 0. The maximum atomic E-state index is 5.77. The molecular weight excluding hydrogens is 212 g/mol. The highest BCUT2D eigenvalue weighted by molar-refractivity contribution is 4.82. The number of nitrogens with one attached hydrogen (secondary N) is 2. The fraction of sp³-hybridized carbons (Fsp3) is 1.00. The Balaban J connectivity index is 1.48. The summed E-state index contributed by atoms with van der Waals surface area (Å²) in [7, 11) is 0. The third kappa shape index (κ3) is 4.57. The first-order valence-electron chi connectivity index (χ1n) is 7.34. The molecule has 2 heterocycles. The van der Waals surface area contributed by atoms with E-state index in [4.69, 9.17) is 4.74 Å². The van der Waals surface area contributed by atoms with Crippen LogP contribution in [0.25, 0.3) is 0 Å².